The molecule has 1 aromatic heterocycles. The first-order valence-electron chi connectivity index (χ1n) is 10.5. The molecule has 2 aromatic carbocycles. The number of para-hydroxylation sites is 1. The number of benzene rings is 2. The van der Waals surface area contributed by atoms with E-state index < -0.39 is 11.7 Å². The fraction of sp³-hybridized carbons (Fsp3) is 0.333. The number of fused-ring (bicyclic) bond motifs is 4. The zero-order valence-corrected chi connectivity index (χ0v) is 16.5. The molecule has 0 fully saturated rings. The van der Waals surface area contributed by atoms with Crippen LogP contribution < -0.4 is 10.6 Å². The first-order chi connectivity index (χ1) is 14.2. The topological polar surface area (TPSA) is 63.1 Å². The Labute approximate surface area is 171 Å². The second-order valence-corrected chi connectivity index (χ2v) is 7.92. The third-order valence-corrected chi connectivity index (χ3v) is 6.21. The first kappa shape index (κ1) is 18.1. The van der Waals surface area contributed by atoms with E-state index in [0.29, 0.717) is 5.56 Å². The van der Waals surface area contributed by atoms with E-state index in [1.807, 2.05) is 36.4 Å². The molecule has 5 rings (SSSR count). The van der Waals surface area contributed by atoms with Gasteiger partial charge >= 0.3 is 0 Å². The van der Waals surface area contributed by atoms with Crippen molar-refractivity contribution in [2.75, 3.05) is 18.4 Å². The van der Waals surface area contributed by atoms with Crippen molar-refractivity contribution in [3.8, 4) is 0 Å². The quantitative estimate of drug-likeness (QED) is 0.530. The Morgan fingerprint density at radius 3 is 2.76 bits per heavy atom. The normalized spacial score (nSPS) is 16.0. The van der Waals surface area contributed by atoms with E-state index in [1.165, 1.54) is 17.5 Å². The highest BCUT2D eigenvalue weighted by Crippen LogP contribution is 2.30. The van der Waals surface area contributed by atoms with E-state index >= 15 is 0 Å². The maximum absolute atomic E-state index is 13.3. The number of rotatable bonds is 3. The number of amides is 1. The van der Waals surface area contributed by atoms with Crippen LogP contribution in [0.5, 0.6) is 0 Å². The predicted octanol–water partition coefficient (Wildman–Crippen LogP) is 3.73. The Hall–Kier alpha value is -2.92. The molecule has 0 unspecified atom stereocenters. The smallest absolute Gasteiger partial charge is 0.296 e. The van der Waals surface area contributed by atoms with Crippen molar-refractivity contribution in [2.24, 2.45) is 0 Å². The van der Waals surface area contributed by atoms with Crippen LogP contribution >= 0.6 is 0 Å². The molecule has 0 saturated carbocycles. The molecule has 0 spiro atoms. The third kappa shape index (κ3) is 3.15. The van der Waals surface area contributed by atoms with Crippen LogP contribution in [0.25, 0.3) is 10.9 Å². The van der Waals surface area contributed by atoms with Crippen LogP contribution in [0.2, 0.25) is 0 Å². The lowest BCUT2D eigenvalue weighted by Gasteiger charge is -2.19. The fourth-order valence-electron chi connectivity index (χ4n) is 4.84. The Morgan fingerprint density at radius 1 is 0.966 bits per heavy atom. The zero-order valence-electron chi connectivity index (χ0n) is 16.5. The molecule has 1 aliphatic heterocycles. The molecular weight excluding hydrogens is 362 g/mol. The molecule has 0 atom stereocenters. The molecule has 5 heteroatoms. The van der Waals surface area contributed by atoms with Gasteiger partial charge in [-0.25, -0.2) is 0 Å². The average molecular weight is 389 g/mol. The van der Waals surface area contributed by atoms with E-state index in [0.717, 1.165) is 67.6 Å². The van der Waals surface area contributed by atoms with Gasteiger partial charge in [-0.2, -0.15) is 0 Å². The second-order valence-electron chi connectivity index (χ2n) is 7.92. The van der Waals surface area contributed by atoms with Crippen molar-refractivity contribution in [2.45, 2.75) is 38.6 Å². The summed E-state index contributed by atoms with van der Waals surface area (Å²) in [5, 5.41) is 7.19. The standard InChI is InChI=1S/C24H25N3O2.H2/c28-23(24(29)26-19-10-5-7-16-6-1-2-8-17(16)19)22-18-9-3-4-11-20(18)27-15-14-25-13-12-21(22)27;/h3-5,7,9-11,25H,1-2,6,8,12-15H2,(H,26,29);1H. The average Bonchev–Trinajstić information content (AvgIpc) is 2.89. The molecular formula is C24H27N3O2. The van der Waals surface area contributed by atoms with Crippen LogP contribution in [-0.2, 0) is 30.6 Å². The number of hydrogen-bond acceptors (Lipinski definition) is 3. The van der Waals surface area contributed by atoms with Crippen LogP contribution in [-0.4, -0.2) is 29.3 Å². The first-order valence-corrected chi connectivity index (χ1v) is 10.5. The monoisotopic (exact) mass is 389 g/mol. The Kier molecular flexibility index (Phi) is 4.68. The molecule has 1 aliphatic carbocycles. The number of hydrogen-bond donors (Lipinski definition) is 2. The summed E-state index contributed by atoms with van der Waals surface area (Å²) in [7, 11) is 0. The lowest BCUT2D eigenvalue weighted by molar-refractivity contribution is -0.112. The third-order valence-electron chi connectivity index (χ3n) is 6.21. The Balaban J connectivity index is 0.00000218. The summed E-state index contributed by atoms with van der Waals surface area (Å²) in [5.41, 5.74) is 5.81. The van der Waals surface area contributed by atoms with Gasteiger partial charge in [-0.1, -0.05) is 30.3 Å². The van der Waals surface area contributed by atoms with Gasteiger partial charge in [0.2, 0.25) is 0 Å². The Morgan fingerprint density at radius 2 is 1.83 bits per heavy atom. The lowest BCUT2D eigenvalue weighted by atomic mass is 9.90. The predicted molar refractivity (Wildman–Crippen MR) is 117 cm³/mol. The summed E-state index contributed by atoms with van der Waals surface area (Å²) >= 11 is 0. The van der Waals surface area contributed by atoms with Crippen LogP contribution in [0, 0.1) is 0 Å². The van der Waals surface area contributed by atoms with Crippen molar-refractivity contribution in [3.63, 3.8) is 0 Å². The van der Waals surface area contributed by atoms with E-state index in [1.54, 1.807) is 0 Å². The molecule has 150 valence electrons. The largest absolute Gasteiger partial charge is 0.343 e. The summed E-state index contributed by atoms with van der Waals surface area (Å²) in [5.74, 6) is -0.981. The number of nitrogens with zero attached hydrogens (tertiary/aromatic N) is 1. The van der Waals surface area contributed by atoms with Gasteiger partial charge in [-0.15, -0.1) is 0 Å². The number of nitrogens with one attached hydrogen (secondary N) is 2. The number of anilines is 1. The van der Waals surface area contributed by atoms with Crippen LogP contribution in [0.3, 0.4) is 0 Å². The fourth-order valence-corrected chi connectivity index (χ4v) is 4.84. The van der Waals surface area contributed by atoms with Crippen molar-refractivity contribution in [1.29, 1.82) is 0 Å². The van der Waals surface area contributed by atoms with Crippen molar-refractivity contribution in [1.82, 2.24) is 9.88 Å². The van der Waals surface area contributed by atoms with Crippen molar-refractivity contribution >= 4 is 28.3 Å². The van der Waals surface area contributed by atoms with Gasteiger partial charge in [0.05, 0.1) is 5.56 Å². The minimum Gasteiger partial charge on any atom is -0.343 e. The van der Waals surface area contributed by atoms with Gasteiger partial charge in [0.15, 0.2) is 0 Å². The molecule has 2 N–H and O–H groups in total. The van der Waals surface area contributed by atoms with Gasteiger partial charge in [-0.05, 0) is 48.9 Å². The van der Waals surface area contributed by atoms with E-state index in [9.17, 15) is 9.59 Å². The summed E-state index contributed by atoms with van der Waals surface area (Å²) < 4.78 is 2.19. The molecule has 2 aliphatic rings. The molecule has 5 nitrogen and oxygen atoms in total. The molecule has 0 radical (unpaired) electrons. The SMILES string of the molecule is O=C(Nc1cccc2c1CCCC2)C(=O)c1c2n(c3ccccc13)CCNCC2.[HH]. The summed E-state index contributed by atoms with van der Waals surface area (Å²) in [4.78, 5) is 26.4. The van der Waals surface area contributed by atoms with E-state index in [-0.39, 0.29) is 1.43 Å². The molecule has 2 heterocycles. The van der Waals surface area contributed by atoms with Crippen LogP contribution in [0.4, 0.5) is 5.69 Å². The summed E-state index contributed by atoms with van der Waals surface area (Å²) in [6.45, 7) is 2.48. The van der Waals surface area contributed by atoms with Gasteiger partial charge in [-0.3, -0.25) is 9.59 Å². The molecule has 0 saturated heterocycles. The maximum atomic E-state index is 13.3. The second kappa shape index (κ2) is 7.48. The molecule has 29 heavy (non-hydrogen) atoms. The highest BCUT2D eigenvalue weighted by atomic mass is 16.2. The molecule has 3 aromatic rings. The van der Waals surface area contributed by atoms with Crippen molar-refractivity contribution in [3.05, 3.63) is 64.8 Å². The number of Topliss-reactive ketones (excluding diaryl/α,β-unsaturated/α-hetero) is 1. The minimum absolute atomic E-state index is 0. The number of aromatic nitrogens is 1. The number of ketones is 1. The van der Waals surface area contributed by atoms with Crippen molar-refractivity contribution < 1.29 is 11.0 Å². The Bertz CT molecular complexity index is 1120. The molecule has 0 bridgehead atoms. The number of carbonyl (C=O) groups is 2. The maximum Gasteiger partial charge on any atom is 0.296 e. The van der Waals surface area contributed by atoms with Crippen LogP contribution in [0.1, 0.15) is 41.4 Å². The van der Waals surface area contributed by atoms with Gasteiger partial charge in [0, 0.05) is 49.8 Å². The van der Waals surface area contributed by atoms with Crippen LogP contribution in [0.15, 0.2) is 42.5 Å². The lowest BCUT2D eigenvalue weighted by Crippen LogP contribution is -2.25. The van der Waals surface area contributed by atoms with Gasteiger partial charge in [0.25, 0.3) is 11.7 Å². The number of carbonyl (C=O) groups excluding carboxylic acids is 2. The minimum atomic E-state index is -0.541. The summed E-state index contributed by atoms with van der Waals surface area (Å²) in [6, 6.07) is 13.9. The van der Waals surface area contributed by atoms with E-state index in [4.69, 9.17) is 0 Å². The summed E-state index contributed by atoms with van der Waals surface area (Å²) in [6.07, 6.45) is 5.04. The van der Waals surface area contributed by atoms with Gasteiger partial charge < -0.3 is 15.2 Å². The highest BCUT2D eigenvalue weighted by molar-refractivity contribution is 6.48. The van der Waals surface area contributed by atoms with E-state index in [2.05, 4.69) is 21.3 Å². The van der Waals surface area contributed by atoms with Gasteiger partial charge in [0.1, 0.15) is 0 Å². The molecule has 1 amide bonds. The highest BCUT2D eigenvalue weighted by Gasteiger charge is 2.28. The number of aryl methyl sites for hydroxylation is 1. The zero-order chi connectivity index (χ0) is 19.8.